The second-order valence-electron chi connectivity index (χ2n) is 11.5. The maximum Gasteiger partial charge on any atom is 0.317 e. The van der Waals surface area contributed by atoms with E-state index in [-0.39, 0.29) is 23.9 Å². The first-order valence-electron chi connectivity index (χ1n) is 15.2. The molecule has 1 unspecified atom stereocenters. The monoisotopic (exact) mass is 562 g/mol. The van der Waals surface area contributed by atoms with Crippen molar-refractivity contribution in [3.8, 4) is 0 Å². The van der Waals surface area contributed by atoms with E-state index in [2.05, 4.69) is 22.0 Å². The van der Waals surface area contributed by atoms with Gasteiger partial charge in [0.05, 0.1) is 5.54 Å². The van der Waals surface area contributed by atoms with Crippen molar-refractivity contribution >= 4 is 23.5 Å². The number of ether oxygens (including phenoxy) is 1. The van der Waals surface area contributed by atoms with Gasteiger partial charge in [-0.1, -0.05) is 55.8 Å². The van der Waals surface area contributed by atoms with E-state index in [0.29, 0.717) is 30.7 Å². The number of amides is 3. The van der Waals surface area contributed by atoms with Gasteiger partial charge in [-0.15, -0.1) is 0 Å². The van der Waals surface area contributed by atoms with Crippen LogP contribution in [-0.4, -0.2) is 62.8 Å². The van der Waals surface area contributed by atoms with Gasteiger partial charge in [0.2, 0.25) is 5.91 Å². The van der Waals surface area contributed by atoms with Crippen LogP contribution in [0.25, 0.3) is 0 Å². The van der Waals surface area contributed by atoms with E-state index in [0.717, 1.165) is 57.2 Å². The number of unbranched alkanes of at least 4 members (excludes halogenated alkanes) is 1. The standard InChI is InChI=1S/C31H51ClN4O3/c1-4-39-19-9-8-17-31(35-24(2)37,26-14-10-16-28(32)21-26)27-15-11-18-36(23-27)30(38)34-29(22-33-3)20-25-12-6-5-7-13-25/h10,14,16,21,25,27,29,33H,4-9,11-13,15,17-20,22-23H2,1-3H3,(H,34,38)(H,35,37)/t27-,29?,31-/m1/s1. The molecular formula is C31H51ClN4O3. The lowest BCUT2D eigenvalue weighted by Crippen LogP contribution is -2.58. The van der Waals surface area contributed by atoms with Crippen LogP contribution in [0.4, 0.5) is 4.79 Å². The summed E-state index contributed by atoms with van der Waals surface area (Å²) in [5, 5.41) is 10.7. The molecule has 3 N–H and O–H groups in total. The molecule has 1 heterocycles. The van der Waals surface area contributed by atoms with E-state index in [1.165, 1.54) is 32.1 Å². The average Bonchev–Trinajstić information content (AvgIpc) is 2.93. The number of carbonyl (C=O) groups excluding carboxylic acids is 2. The van der Waals surface area contributed by atoms with E-state index in [1.54, 1.807) is 6.92 Å². The van der Waals surface area contributed by atoms with E-state index >= 15 is 0 Å². The van der Waals surface area contributed by atoms with Crippen LogP contribution < -0.4 is 16.0 Å². The van der Waals surface area contributed by atoms with Gasteiger partial charge in [-0.05, 0) is 76.1 Å². The number of piperidine rings is 1. The molecule has 7 nitrogen and oxygen atoms in total. The van der Waals surface area contributed by atoms with Gasteiger partial charge in [-0.25, -0.2) is 4.79 Å². The second kappa shape index (κ2) is 16.4. The molecule has 1 saturated carbocycles. The summed E-state index contributed by atoms with van der Waals surface area (Å²) in [4.78, 5) is 28.2. The van der Waals surface area contributed by atoms with E-state index in [1.807, 2.05) is 37.1 Å². The van der Waals surface area contributed by atoms with Crippen LogP contribution in [-0.2, 0) is 15.1 Å². The van der Waals surface area contributed by atoms with Crippen LogP contribution in [0.1, 0.15) is 90.0 Å². The molecule has 2 aliphatic rings. The van der Waals surface area contributed by atoms with E-state index in [4.69, 9.17) is 16.3 Å². The predicted octanol–water partition coefficient (Wildman–Crippen LogP) is 5.86. The molecule has 3 atom stereocenters. The van der Waals surface area contributed by atoms with Crippen molar-refractivity contribution in [1.82, 2.24) is 20.9 Å². The normalized spacial score (nSPS) is 20.7. The van der Waals surface area contributed by atoms with Gasteiger partial charge in [0, 0.05) is 56.8 Å². The first kappa shape index (κ1) is 31.7. The van der Waals surface area contributed by atoms with Crippen LogP contribution in [0.3, 0.4) is 0 Å². The van der Waals surface area contributed by atoms with E-state index < -0.39 is 5.54 Å². The molecule has 220 valence electrons. The molecule has 0 aromatic heterocycles. The molecule has 3 amide bonds. The highest BCUT2D eigenvalue weighted by Gasteiger charge is 2.43. The van der Waals surface area contributed by atoms with Crippen molar-refractivity contribution in [2.75, 3.05) is 39.9 Å². The summed E-state index contributed by atoms with van der Waals surface area (Å²) in [5.74, 6) is 0.703. The summed E-state index contributed by atoms with van der Waals surface area (Å²) in [6.07, 6.45) is 11.9. The third kappa shape index (κ3) is 9.65. The molecule has 0 radical (unpaired) electrons. The van der Waals surface area contributed by atoms with Crippen LogP contribution >= 0.6 is 11.6 Å². The van der Waals surface area contributed by atoms with Gasteiger partial charge < -0.3 is 25.6 Å². The maximum atomic E-state index is 13.6. The highest BCUT2D eigenvalue weighted by atomic mass is 35.5. The minimum Gasteiger partial charge on any atom is -0.382 e. The second-order valence-corrected chi connectivity index (χ2v) is 12.0. The van der Waals surface area contributed by atoms with Crippen molar-refractivity contribution < 1.29 is 14.3 Å². The first-order chi connectivity index (χ1) is 18.9. The third-order valence-electron chi connectivity index (χ3n) is 8.58. The Hall–Kier alpha value is -1.83. The third-order valence-corrected chi connectivity index (χ3v) is 8.81. The molecule has 0 bridgehead atoms. The lowest BCUT2D eigenvalue weighted by molar-refractivity contribution is -0.122. The Morgan fingerprint density at radius 1 is 1.15 bits per heavy atom. The fourth-order valence-corrected chi connectivity index (χ4v) is 6.94. The molecule has 1 aliphatic heterocycles. The maximum absolute atomic E-state index is 13.6. The number of halogens is 1. The van der Waals surface area contributed by atoms with Crippen LogP contribution in [0.15, 0.2) is 24.3 Å². The molecule has 1 saturated heterocycles. The minimum absolute atomic E-state index is 0.00919. The molecule has 3 rings (SSSR count). The number of nitrogens with one attached hydrogen (secondary N) is 3. The number of urea groups is 1. The largest absolute Gasteiger partial charge is 0.382 e. The molecule has 1 aromatic carbocycles. The fraction of sp³-hybridized carbons (Fsp3) is 0.742. The molecular weight excluding hydrogens is 512 g/mol. The Morgan fingerprint density at radius 3 is 2.64 bits per heavy atom. The smallest absolute Gasteiger partial charge is 0.317 e. The SMILES string of the molecule is CCOCCCC[C@@](NC(C)=O)(c1cccc(Cl)c1)[C@@H]1CCCN(C(=O)NC(CNC)CC2CCCCC2)C1. The molecule has 0 spiro atoms. The average molecular weight is 563 g/mol. The lowest BCUT2D eigenvalue weighted by Gasteiger charge is -2.47. The van der Waals surface area contributed by atoms with Crippen molar-refractivity contribution in [2.45, 2.75) is 96.1 Å². The summed E-state index contributed by atoms with van der Waals surface area (Å²) >= 11 is 6.46. The summed E-state index contributed by atoms with van der Waals surface area (Å²) < 4.78 is 5.58. The number of carbonyl (C=O) groups is 2. The summed E-state index contributed by atoms with van der Waals surface area (Å²) in [5.41, 5.74) is 0.410. The number of rotatable bonds is 14. The number of hydrogen-bond acceptors (Lipinski definition) is 4. The van der Waals surface area contributed by atoms with Crippen molar-refractivity contribution in [2.24, 2.45) is 11.8 Å². The van der Waals surface area contributed by atoms with Crippen molar-refractivity contribution in [3.63, 3.8) is 0 Å². The molecule has 2 fully saturated rings. The van der Waals surface area contributed by atoms with Crippen molar-refractivity contribution in [1.29, 1.82) is 0 Å². The number of likely N-dealkylation sites (tertiary alicyclic amines) is 1. The quantitative estimate of drug-likeness (QED) is 0.248. The summed E-state index contributed by atoms with van der Waals surface area (Å²) in [7, 11) is 1.95. The number of likely N-dealkylation sites (N-methyl/N-ethyl adjacent to an activating group) is 1. The fourth-order valence-electron chi connectivity index (χ4n) is 6.75. The Kier molecular flexibility index (Phi) is 13.4. The zero-order valence-electron chi connectivity index (χ0n) is 24.4. The Morgan fingerprint density at radius 2 is 1.95 bits per heavy atom. The summed E-state index contributed by atoms with van der Waals surface area (Å²) in [6, 6.07) is 8.00. The number of hydrogen-bond donors (Lipinski definition) is 3. The predicted molar refractivity (Wildman–Crippen MR) is 159 cm³/mol. The van der Waals surface area contributed by atoms with Gasteiger partial charge in [0.25, 0.3) is 0 Å². The summed E-state index contributed by atoms with van der Waals surface area (Å²) in [6.45, 7) is 7.10. The van der Waals surface area contributed by atoms with E-state index in [9.17, 15) is 9.59 Å². The number of benzene rings is 1. The van der Waals surface area contributed by atoms with Crippen LogP contribution in [0, 0.1) is 11.8 Å². The van der Waals surface area contributed by atoms with Crippen LogP contribution in [0.2, 0.25) is 5.02 Å². The van der Waals surface area contributed by atoms with Gasteiger partial charge in [0.1, 0.15) is 0 Å². The van der Waals surface area contributed by atoms with Crippen molar-refractivity contribution in [3.05, 3.63) is 34.9 Å². The zero-order chi connectivity index (χ0) is 28.1. The van der Waals surface area contributed by atoms with Crippen LogP contribution in [0.5, 0.6) is 0 Å². The first-order valence-corrected chi connectivity index (χ1v) is 15.6. The zero-order valence-corrected chi connectivity index (χ0v) is 25.2. The van der Waals surface area contributed by atoms with Gasteiger partial charge in [-0.2, -0.15) is 0 Å². The topological polar surface area (TPSA) is 82.7 Å². The van der Waals surface area contributed by atoms with Gasteiger partial charge in [-0.3, -0.25) is 4.79 Å². The molecule has 1 aromatic rings. The highest BCUT2D eigenvalue weighted by molar-refractivity contribution is 6.30. The lowest BCUT2D eigenvalue weighted by atomic mass is 9.71. The minimum atomic E-state index is -0.603. The Balaban J connectivity index is 1.78. The van der Waals surface area contributed by atoms with Gasteiger partial charge in [0.15, 0.2) is 0 Å². The highest BCUT2D eigenvalue weighted by Crippen LogP contribution is 2.41. The Bertz CT molecular complexity index is 894. The molecule has 8 heteroatoms. The Labute approximate surface area is 241 Å². The molecule has 1 aliphatic carbocycles. The number of nitrogens with zero attached hydrogens (tertiary/aromatic N) is 1. The van der Waals surface area contributed by atoms with Gasteiger partial charge >= 0.3 is 6.03 Å². The molecule has 39 heavy (non-hydrogen) atoms.